The Morgan fingerprint density at radius 3 is 2.85 bits per heavy atom. The lowest BCUT2D eigenvalue weighted by Gasteiger charge is -2.08. The van der Waals surface area contributed by atoms with Crippen LogP contribution in [-0.4, -0.2) is 22.5 Å². The number of H-pyrrole nitrogens is 1. The van der Waals surface area contributed by atoms with Gasteiger partial charge in [0.15, 0.2) is 0 Å². The molecule has 3 rings (SSSR count). The second-order valence-electron chi connectivity index (χ2n) is 5.40. The van der Waals surface area contributed by atoms with Crippen molar-refractivity contribution in [3.05, 3.63) is 63.8 Å². The fraction of sp³-hybridized carbons (Fsp3) is 0.111. The first-order valence-corrected chi connectivity index (χ1v) is 7.78. The minimum Gasteiger partial charge on any atom is -0.461 e. The van der Waals surface area contributed by atoms with Crippen molar-refractivity contribution in [1.29, 1.82) is 5.26 Å². The monoisotopic (exact) mass is 350 g/mol. The third kappa shape index (κ3) is 3.18. The number of hydrogen-bond acceptors (Lipinski definition) is 6. The maximum atomic E-state index is 12.0. The van der Waals surface area contributed by atoms with Crippen molar-refractivity contribution in [2.75, 3.05) is 11.9 Å². The van der Waals surface area contributed by atoms with Crippen LogP contribution in [0.2, 0.25) is 0 Å². The number of hydrogen-bond donors (Lipinski definition) is 2. The number of fused-ring (bicyclic) bond motifs is 1. The maximum absolute atomic E-state index is 12.0. The number of carbonyl (C=O) groups is 1. The van der Waals surface area contributed by atoms with Gasteiger partial charge in [-0.3, -0.25) is 10.1 Å². The predicted molar refractivity (Wildman–Crippen MR) is 95.3 cm³/mol. The molecule has 0 aliphatic heterocycles. The molecule has 0 spiro atoms. The minimum absolute atomic E-state index is 0.130. The van der Waals surface area contributed by atoms with Gasteiger partial charge in [0.1, 0.15) is 11.2 Å². The molecule has 0 atom stereocenters. The summed E-state index contributed by atoms with van der Waals surface area (Å²) in [5, 5.41) is 23.9. The van der Waals surface area contributed by atoms with Crippen LogP contribution in [0.1, 0.15) is 23.0 Å². The second kappa shape index (κ2) is 6.94. The van der Waals surface area contributed by atoms with E-state index in [-0.39, 0.29) is 23.5 Å². The van der Waals surface area contributed by atoms with Gasteiger partial charge in [0.2, 0.25) is 0 Å². The highest BCUT2D eigenvalue weighted by atomic mass is 16.6. The summed E-state index contributed by atoms with van der Waals surface area (Å²) in [7, 11) is 0. The number of nitrogens with zero attached hydrogens (tertiary/aromatic N) is 2. The van der Waals surface area contributed by atoms with Crippen molar-refractivity contribution < 1.29 is 14.5 Å². The molecule has 0 saturated carbocycles. The number of benzene rings is 2. The van der Waals surface area contributed by atoms with E-state index in [2.05, 4.69) is 16.4 Å². The van der Waals surface area contributed by atoms with Crippen molar-refractivity contribution >= 4 is 33.9 Å². The SMILES string of the molecule is CCOC(=O)c1cc2c(Nc3cccc(C#N)c3)ccc([N+](=O)[O-])c2[nH]1. The van der Waals surface area contributed by atoms with Gasteiger partial charge in [-0.2, -0.15) is 5.26 Å². The van der Waals surface area contributed by atoms with Crippen LogP contribution in [0.5, 0.6) is 0 Å². The molecular formula is C18H14N4O4. The maximum Gasteiger partial charge on any atom is 0.354 e. The highest BCUT2D eigenvalue weighted by Gasteiger charge is 2.20. The van der Waals surface area contributed by atoms with Crippen molar-refractivity contribution in [2.45, 2.75) is 6.92 Å². The van der Waals surface area contributed by atoms with Crippen LogP contribution in [0.4, 0.5) is 17.1 Å². The lowest BCUT2D eigenvalue weighted by molar-refractivity contribution is -0.383. The zero-order valence-electron chi connectivity index (χ0n) is 13.8. The average Bonchev–Trinajstić information content (AvgIpc) is 3.08. The number of nitro benzene ring substituents is 1. The second-order valence-corrected chi connectivity index (χ2v) is 5.40. The largest absolute Gasteiger partial charge is 0.461 e. The average molecular weight is 350 g/mol. The first-order chi connectivity index (χ1) is 12.5. The third-order valence-corrected chi connectivity index (χ3v) is 3.73. The van der Waals surface area contributed by atoms with Gasteiger partial charge < -0.3 is 15.0 Å². The van der Waals surface area contributed by atoms with E-state index in [9.17, 15) is 14.9 Å². The first-order valence-electron chi connectivity index (χ1n) is 7.78. The Morgan fingerprint density at radius 2 is 2.15 bits per heavy atom. The molecular weight excluding hydrogens is 336 g/mol. The van der Waals surface area contributed by atoms with E-state index in [1.807, 2.05) is 0 Å². The van der Waals surface area contributed by atoms with Gasteiger partial charge in [-0.25, -0.2) is 4.79 Å². The van der Waals surface area contributed by atoms with Crippen molar-refractivity contribution in [3.8, 4) is 6.07 Å². The number of anilines is 2. The summed E-state index contributed by atoms with van der Waals surface area (Å²) >= 11 is 0. The standard InChI is InChI=1S/C18H14N4O4/c1-2-26-18(23)15-9-13-14(6-7-16(22(24)25)17(13)21-15)20-12-5-3-4-11(8-12)10-19/h3-9,20-21H,2H2,1H3. The summed E-state index contributed by atoms with van der Waals surface area (Å²) in [4.78, 5) is 25.5. The molecule has 3 aromatic rings. The molecule has 0 unspecified atom stereocenters. The molecule has 26 heavy (non-hydrogen) atoms. The van der Waals surface area contributed by atoms with E-state index in [1.165, 1.54) is 12.1 Å². The number of ether oxygens (including phenoxy) is 1. The Labute approximate surface area is 148 Å². The Kier molecular flexibility index (Phi) is 4.53. The molecule has 2 N–H and O–H groups in total. The minimum atomic E-state index is -0.588. The highest BCUT2D eigenvalue weighted by molar-refractivity contribution is 6.04. The number of carbonyl (C=O) groups excluding carboxylic acids is 1. The summed E-state index contributed by atoms with van der Waals surface area (Å²) in [5.41, 5.74) is 1.90. The molecule has 2 aromatic carbocycles. The van der Waals surface area contributed by atoms with Gasteiger partial charge in [-0.1, -0.05) is 6.07 Å². The molecule has 0 saturated heterocycles. The Morgan fingerprint density at radius 1 is 1.35 bits per heavy atom. The molecule has 0 radical (unpaired) electrons. The van der Waals surface area contributed by atoms with Gasteiger partial charge in [0.25, 0.3) is 5.69 Å². The van der Waals surface area contributed by atoms with Crippen molar-refractivity contribution in [2.24, 2.45) is 0 Å². The number of aromatic nitrogens is 1. The number of nitrogens with one attached hydrogen (secondary N) is 2. The van der Waals surface area contributed by atoms with Gasteiger partial charge in [-0.15, -0.1) is 0 Å². The van der Waals surface area contributed by atoms with Gasteiger partial charge >= 0.3 is 5.97 Å². The molecule has 0 amide bonds. The van der Waals surface area contributed by atoms with E-state index in [0.717, 1.165) is 0 Å². The number of esters is 1. The number of rotatable bonds is 5. The quantitative estimate of drug-likeness (QED) is 0.409. The molecule has 8 nitrogen and oxygen atoms in total. The van der Waals surface area contributed by atoms with E-state index in [0.29, 0.717) is 22.3 Å². The number of nitriles is 1. The van der Waals surface area contributed by atoms with Crippen LogP contribution in [0.15, 0.2) is 42.5 Å². The molecule has 0 bridgehead atoms. The van der Waals surface area contributed by atoms with Gasteiger partial charge in [0.05, 0.1) is 23.2 Å². The van der Waals surface area contributed by atoms with Crippen LogP contribution in [-0.2, 0) is 4.74 Å². The first kappa shape index (κ1) is 17.0. The molecule has 130 valence electrons. The van der Waals surface area contributed by atoms with E-state index >= 15 is 0 Å². The summed E-state index contributed by atoms with van der Waals surface area (Å²) in [6.07, 6.45) is 0. The fourth-order valence-corrected chi connectivity index (χ4v) is 2.61. The molecule has 1 heterocycles. The van der Waals surface area contributed by atoms with Crippen LogP contribution < -0.4 is 5.32 Å². The third-order valence-electron chi connectivity index (χ3n) is 3.73. The fourth-order valence-electron chi connectivity index (χ4n) is 2.61. The molecule has 0 aliphatic carbocycles. The van der Waals surface area contributed by atoms with Crippen molar-refractivity contribution in [3.63, 3.8) is 0 Å². The van der Waals surface area contributed by atoms with Gasteiger partial charge in [0, 0.05) is 22.8 Å². The lowest BCUT2D eigenvalue weighted by atomic mass is 10.1. The summed E-state index contributed by atoms with van der Waals surface area (Å²) in [6, 6.07) is 13.3. The van der Waals surface area contributed by atoms with Crippen molar-refractivity contribution in [1.82, 2.24) is 4.98 Å². The molecule has 0 aliphatic rings. The number of nitro groups is 1. The summed E-state index contributed by atoms with van der Waals surface area (Å²) in [5.74, 6) is -0.588. The van der Waals surface area contributed by atoms with Crippen LogP contribution >= 0.6 is 0 Å². The highest BCUT2D eigenvalue weighted by Crippen LogP contribution is 2.33. The van der Waals surface area contributed by atoms with E-state index in [1.54, 1.807) is 37.3 Å². The summed E-state index contributed by atoms with van der Waals surface area (Å²) in [6.45, 7) is 1.88. The van der Waals surface area contributed by atoms with Crippen LogP contribution in [0, 0.1) is 21.4 Å². The summed E-state index contributed by atoms with van der Waals surface area (Å²) < 4.78 is 4.95. The Bertz CT molecular complexity index is 1050. The molecule has 1 aromatic heterocycles. The zero-order valence-corrected chi connectivity index (χ0v) is 13.8. The zero-order chi connectivity index (χ0) is 18.7. The van der Waals surface area contributed by atoms with Gasteiger partial charge in [-0.05, 0) is 37.3 Å². The Hall–Kier alpha value is -3.86. The smallest absolute Gasteiger partial charge is 0.354 e. The van der Waals surface area contributed by atoms with Crippen LogP contribution in [0.3, 0.4) is 0 Å². The number of aromatic amines is 1. The van der Waals surface area contributed by atoms with E-state index in [4.69, 9.17) is 10.00 Å². The molecule has 8 heteroatoms. The number of non-ortho nitro benzene ring substituents is 1. The topological polar surface area (TPSA) is 121 Å². The Balaban J connectivity index is 2.10. The lowest BCUT2D eigenvalue weighted by Crippen LogP contribution is -2.04. The van der Waals surface area contributed by atoms with E-state index < -0.39 is 10.9 Å². The molecule has 0 fully saturated rings. The predicted octanol–water partition coefficient (Wildman–Crippen LogP) is 3.87. The normalized spacial score (nSPS) is 10.3. The van der Waals surface area contributed by atoms with Crippen LogP contribution in [0.25, 0.3) is 10.9 Å².